The SMILES string of the molecule is CC(C)(C)c1ccc(-c2ccc3c(c2)C2=C(N(c4ccc(C(C)(C)C)cc4)c4cc(C(C)(C)C)cc5c4B2n2c4cccc(N(c6ccccc6)c6ccccc6)c4c4cc(C(C)(C)C)cc-5c42)C3(C)C)cc1. The number of aromatic nitrogens is 1. The van der Waals surface area contributed by atoms with E-state index in [1.165, 1.54) is 111 Å². The summed E-state index contributed by atoms with van der Waals surface area (Å²) in [7, 11) is 0. The molecule has 0 fully saturated rings. The number of rotatable bonds is 5. The van der Waals surface area contributed by atoms with E-state index >= 15 is 0 Å². The van der Waals surface area contributed by atoms with E-state index in [0.717, 1.165) is 11.4 Å². The van der Waals surface area contributed by atoms with Crippen LogP contribution in [-0.2, 0) is 27.1 Å². The summed E-state index contributed by atoms with van der Waals surface area (Å²) in [5.41, 5.74) is 25.3. The Bertz CT molecular complexity index is 3670. The second-order valence-electron chi connectivity index (χ2n) is 25.9. The summed E-state index contributed by atoms with van der Waals surface area (Å²) in [4.78, 5) is 5.17. The van der Waals surface area contributed by atoms with Crippen molar-refractivity contribution in [3.8, 4) is 22.3 Å². The van der Waals surface area contributed by atoms with Crippen molar-refractivity contribution >= 4 is 68.0 Å². The van der Waals surface area contributed by atoms with Crippen LogP contribution >= 0.6 is 0 Å². The summed E-state index contributed by atoms with van der Waals surface area (Å²) in [6.07, 6.45) is 0. The van der Waals surface area contributed by atoms with Gasteiger partial charge in [-0.1, -0.05) is 194 Å². The number of para-hydroxylation sites is 2. The highest BCUT2D eigenvalue weighted by atomic mass is 15.2. The molecular formula is C69H70BN3. The highest BCUT2D eigenvalue weighted by Crippen LogP contribution is 2.58. The summed E-state index contributed by atoms with van der Waals surface area (Å²) in [5.74, 6) is 0. The molecule has 12 rings (SSSR count). The van der Waals surface area contributed by atoms with Gasteiger partial charge in [-0.3, -0.25) is 0 Å². The Hall–Kier alpha value is -7.04. The predicted molar refractivity (Wildman–Crippen MR) is 316 cm³/mol. The van der Waals surface area contributed by atoms with E-state index in [4.69, 9.17) is 0 Å². The lowest BCUT2D eigenvalue weighted by molar-refractivity contribution is 0.588. The number of hydrogen-bond donors (Lipinski definition) is 0. The first-order valence-corrected chi connectivity index (χ1v) is 26.6. The predicted octanol–water partition coefficient (Wildman–Crippen LogP) is 18.2. The van der Waals surface area contributed by atoms with Crippen molar-refractivity contribution in [1.29, 1.82) is 0 Å². The zero-order chi connectivity index (χ0) is 51.3. The smallest absolute Gasteiger partial charge is 0.333 e. The third kappa shape index (κ3) is 7.29. The monoisotopic (exact) mass is 952 g/mol. The third-order valence-electron chi connectivity index (χ3n) is 16.5. The first-order valence-electron chi connectivity index (χ1n) is 26.6. The number of fused-ring (bicyclic) bond motifs is 8. The van der Waals surface area contributed by atoms with Gasteiger partial charge in [-0.05, 0) is 155 Å². The minimum Gasteiger partial charge on any atom is -0.375 e. The molecule has 1 aromatic heterocycles. The summed E-state index contributed by atoms with van der Waals surface area (Å²) in [6, 6.07) is 65.4. The van der Waals surface area contributed by atoms with Crippen LogP contribution in [0.2, 0.25) is 0 Å². The van der Waals surface area contributed by atoms with E-state index in [1.54, 1.807) is 0 Å². The van der Waals surface area contributed by atoms with Crippen molar-refractivity contribution in [3.05, 3.63) is 209 Å². The number of allylic oxidation sites excluding steroid dienone is 1. The maximum absolute atomic E-state index is 2.79. The van der Waals surface area contributed by atoms with Crippen LogP contribution in [0.25, 0.3) is 49.5 Å². The van der Waals surface area contributed by atoms with Crippen molar-refractivity contribution in [2.24, 2.45) is 0 Å². The van der Waals surface area contributed by atoms with Gasteiger partial charge in [0.2, 0.25) is 0 Å². The molecule has 0 unspecified atom stereocenters. The zero-order valence-corrected chi connectivity index (χ0v) is 45.6. The lowest BCUT2D eigenvalue weighted by atomic mass is 9.43. The van der Waals surface area contributed by atoms with Crippen LogP contribution in [0.3, 0.4) is 0 Å². The Morgan fingerprint density at radius 3 is 1.58 bits per heavy atom. The summed E-state index contributed by atoms with van der Waals surface area (Å²) in [6.45, 7) is 33.0. The highest BCUT2D eigenvalue weighted by molar-refractivity contribution is 6.93. The highest BCUT2D eigenvalue weighted by Gasteiger charge is 2.53. The van der Waals surface area contributed by atoms with Gasteiger partial charge in [-0.2, -0.15) is 0 Å². The number of anilines is 5. The lowest BCUT2D eigenvalue weighted by Gasteiger charge is -2.44. The molecule has 2 aliphatic heterocycles. The van der Waals surface area contributed by atoms with Gasteiger partial charge in [-0.25, -0.2) is 0 Å². The first kappa shape index (κ1) is 47.0. The quantitative estimate of drug-likeness (QED) is 0.159. The number of nitrogens with zero attached hydrogens (tertiary/aromatic N) is 3. The minimum atomic E-state index is -0.349. The molecule has 0 radical (unpaired) electrons. The van der Waals surface area contributed by atoms with Gasteiger partial charge in [0.25, 0.3) is 0 Å². The van der Waals surface area contributed by atoms with Gasteiger partial charge >= 0.3 is 6.85 Å². The fourth-order valence-corrected chi connectivity index (χ4v) is 12.5. The maximum Gasteiger partial charge on any atom is 0.333 e. The second kappa shape index (κ2) is 16.0. The lowest BCUT2D eigenvalue weighted by Crippen LogP contribution is -2.50. The Balaban J connectivity index is 1.24. The summed E-state index contributed by atoms with van der Waals surface area (Å²) >= 11 is 0. The third-order valence-corrected chi connectivity index (χ3v) is 16.5. The standard InChI is InChI=1S/C69H70BN3/c1-65(2,3)45-31-28-43(29-32-45)44-30-37-56-54(38-44)62-64(69(56,13)14)72(51-35-33-46(34-36-51)66(4,5)6)59-42-48(68(10,11)12)39-52-53-40-47(67(7,8)9)41-55-60-57(26-21-27-58(60)73(63(53)55)70(62)61(52)59)71(49-22-17-15-18-23-49)50-24-19-16-20-25-50/h15-42H,1-14H3. The molecular weight excluding hydrogens is 882 g/mol. The molecule has 0 N–H and O–H groups in total. The minimum absolute atomic E-state index is 0.0242. The molecule has 73 heavy (non-hydrogen) atoms. The molecule has 0 bridgehead atoms. The fourth-order valence-electron chi connectivity index (χ4n) is 12.5. The summed E-state index contributed by atoms with van der Waals surface area (Å²) < 4.78 is 2.79. The van der Waals surface area contributed by atoms with E-state index in [0.29, 0.717) is 0 Å². The van der Waals surface area contributed by atoms with Crippen molar-refractivity contribution < 1.29 is 0 Å². The molecule has 8 aromatic carbocycles. The largest absolute Gasteiger partial charge is 0.375 e. The van der Waals surface area contributed by atoms with Gasteiger partial charge < -0.3 is 14.3 Å². The first-order chi connectivity index (χ1) is 34.5. The molecule has 0 saturated carbocycles. The molecule has 4 heteroatoms. The van der Waals surface area contributed by atoms with Gasteiger partial charge in [0.15, 0.2) is 0 Å². The molecule has 0 saturated heterocycles. The van der Waals surface area contributed by atoms with E-state index < -0.39 is 0 Å². The Labute approximate surface area is 435 Å². The van der Waals surface area contributed by atoms with E-state index in [1.807, 2.05) is 0 Å². The number of hydrogen-bond acceptors (Lipinski definition) is 2. The van der Waals surface area contributed by atoms with Crippen molar-refractivity contribution in [2.45, 2.75) is 124 Å². The van der Waals surface area contributed by atoms with Crippen LogP contribution in [0, 0.1) is 0 Å². The normalized spacial score (nSPS) is 15.0. The van der Waals surface area contributed by atoms with E-state index in [9.17, 15) is 0 Å². The van der Waals surface area contributed by atoms with Crippen LogP contribution in [0.15, 0.2) is 176 Å². The van der Waals surface area contributed by atoms with Crippen LogP contribution in [0.1, 0.15) is 130 Å². The number of benzene rings is 8. The van der Waals surface area contributed by atoms with E-state index in [2.05, 4.69) is 281 Å². The molecule has 3 heterocycles. The molecule has 0 atom stereocenters. The van der Waals surface area contributed by atoms with Crippen LogP contribution in [0.5, 0.6) is 0 Å². The average molecular weight is 952 g/mol. The van der Waals surface area contributed by atoms with Crippen molar-refractivity contribution in [3.63, 3.8) is 0 Å². The van der Waals surface area contributed by atoms with Crippen molar-refractivity contribution in [1.82, 2.24) is 4.48 Å². The molecule has 1 aliphatic carbocycles. The Kier molecular flexibility index (Phi) is 10.3. The molecule has 3 aliphatic rings. The van der Waals surface area contributed by atoms with E-state index in [-0.39, 0.29) is 33.9 Å². The van der Waals surface area contributed by atoms with Gasteiger partial charge in [0, 0.05) is 61.2 Å². The fraction of sp³-hybridized carbons (Fsp3) is 0.275. The van der Waals surface area contributed by atoms with Crippen LogP contribution in [0.4, 0.5) is 28.4 Å². The molecule has 0 amide bonds. The van der Waals surface area contributed by atoms with Crippen molar-refractivity contribution in [2.75, 3.05) is 9.80 Å². The Morgan fingerprint density at radius 2 is 1.00 bits per heavy atom. The van der Waals surface area contributed by atoms with Gasteiger partial charge in [0.1, 0.15) is 0 Å². The average Bonchev–Trinajstić information content (AvgIpc) is 3.81. The molecule has 9 aromatic rings. The maximum atomic E-state index is 2.79. The zero-order valence-electron chi connectivity index (χ0n) is 45.6. The topological polar surface area (TPSA) is 11.4 Å². The van der Waals surface area contributed by atoms with Crippen LogP contribution in [-0.4, -0.2) is 11.3 Å². The second-order valence-corrected chi connectivity index (χ2v) is 25.9. The Morgan fingerprint density at radius 1 is 0.466 bits per heavy atom. The van der Waals surface area contributed by atoms with Gasteiger partial charge in [-0.15, -0.1) is 0 Å². The molecule has 3 nitrogen and oxygen atoms in total. The molecule has 364 valence electrons. The van der Waals surface area contributed by atoms with Gasteiger partial charge in [0.05, 0.1) is 5.69 Å². The molecule has 0 spiro atoms. The van der Waals surface area contributed by atoms with Crippen LogP contribution < -0.4 is 15.3 Å². The summed E-state index contributed by atoms with van der Waals surface area (Å²) in [5, 5.41) is 2.57.